The molecule has 2 rings (SSSR count). The zero-order valence-corrected chi connectivity index (χ0v) is 13.6. The van der Waals surface area contributed by atoms with Gasteiger partial charge in [0.1, 0.15) is 0 Å². The second-order valence-corrected chi connectivity index (χ2v) is 6.47. The van der Waals surface area contributed by atoms with Crippen molar-refractivity contribution in [1.82, 2.24) is 15.1 Å². The Bertz CT molecular complexity index is 274. The molecule has 2 aliphatic heterocycles. The molecule has 0 radical (unpaired) electrons. The van der Waals surface area contributed by atoms with E-state index in [0.29, 0.717) is 12.1 Å². The van der Waals surface area contributed by atoms with Crippen molar-refractivity contribution in [2.24, 2.45) is 5.92 Å². The predicted octanol–water partition coefficient (Wildman–Crippen LogP) is 1.42. The van der Waals surface area contributed by atoms with Gasteiger partial charge >= 0.3 is 0 Å². The Morgan fingerprint density at radius 2 is 2.00 bits per heavy atom. The van der Waals surface area contributed by atoms with E-state index in [2.05, 4.69) is 35.9 Å². The summed E-state index contributed by atoms with van der Waals surface area (Å²) in [6.07, 6.45) is 2.93. The normalized spacial score (nSPS) is 33.5. The molecule has 4 nitrogen and oxygen atoms in total. The fourth-order valence-electron chi connectivity index (χ4n) is 3.50. The van der Waals surface area contributed by atoms with Crippen molar-refractivity contribution >= 4 is 0 Å². The van der Waals surface area contributed by atoms with Crippen molar-refractivity contribution in [3.8, 4) is 0 Å². The van der Waals surface area contributed by atoms with Gasteiger partial charge in [-0.25, -0.2) is 0 Å². The summed E-state index contributed by atoms with van der Waals surface area (Å²) in [7, 11) is 0. The second kappa shape index (κ2) is 8.32. The van der Waals surface area contributed by atoms with E-state index in [-0.39, 0.29) is 0 Å². The van der Waals surface area contributed by atoms with E-state index in [1.54, 1.807) is 0 Å². The van der Waals surface area contributed by atoms with Gasteiger partial charge in [0.2, 0.25) is 0 Å². The minimum Gasteiger partial charge on any atom is -0.374 e. The number of hydrogen-bond donors (Lipinski definition) is 1. The molecule has 0 saturated carbocycles. The number of rotatable bonds is 6. The standard InChI is InChI=1S/C16H33N3O/c1-4-7-17-16-6-8-19(11-14(16)3)13-15-12-18(5-2)9-10-20-15/h14-17H,4-13H2,1-3H3. The summed E-state index contributed by atoms with van der Waals surface area (Å²) in [6.45, 7) is 15.9. The molecule has 0 aliphatic carbocycles. The number of likely N-dealkylation sites (tertiary alicyclic amines) is 1. The van der Waals surface area contributed by atoms with E-state index >= 15 is 0 Å². The molecule has 0 aromatic carbocycles. The number of nitrogens with one attached hydrogen (secondary N) is 1. The Labute approximate surface area is 124 Å². The fourth-order valence-corrected chi connectivity index (χ4v) is 3.50. The molecule has 2 fully saturated rings. The topological polar surface area (TPSA) is 27.7 Å². The Balaban J connectivity index is 1.72. The molecule has 20 heavy (non-hydrogen) atoms. The van der Waals surface area contributed by atoms with Crippen LogP contribution in [0.15, 0.2) is 0 Å². The van der Waals surface area contributed by atoms with Crippen LogP contribution in [0.3, 0.4) is 0 Å². The van der Waals surface area contributed by atoms with Crippen LogP contribution in [0.5, 0.6) is 0 Å². The lowest BCUT2D eigenvalue weighted by Crippen LogP contribution is -2.53. The smallest absolute Gasteiger partial charge is 0.0829 e. The third-order valence-corrected chi connectivity index (χ3v) is 4.78. The van der Waals surface area contributed by atoms with E-state index in [0.717, 1.165) is 45.2 Å². The van der Waals surface area contributed by atoms with Crippen LogP contribution >= 0.6 is 0 Å². The van der Waals surface area contributed by atoms with Gasteiger partial charge in [-0.05, 0) is 38.4 Å². The molecule has 2 heterocycles. The van der Waals surface area contributed by atoms with Crippen LogP contribution in [-0.2, 0) is 4.74 Å². The van der Waals surface area contributed by atoms with E-state index in [4.69, 9.17) is 4.74 Å². The number of nitrogens with zero attached hydrogens (tertiary/aromatic N) is 2. The maximum absolute atomic E-state index is 5.94. The van der Waals surface area contributed by atoms with E-state index in [1.165, 1.54) is 25.9 Å². The molecular weight excluding hydrogens is 250 g/mol. The number of morpholine rings is 1. The van der Waals surface area contributed by atoms with Crippen LogP contribution in [-0.4, -0.2) is 74.4 Å². The van der Waals surface area contributed by atoms with Gasteiger partial charge in [0.25, 0.3) is 0 Å². The monoisotopic (exact) mass is 283 g/mol. The highest BCUT2D eigenvalue weighted by Gasteiger charge is 2.28. The van der Waals surface area contributed by atoms with Crippen molar-refractivity contribution in [1.29, 1.82) is 0 Å². The average molecular weight is 283 g/mol. The minimum absolute atomic E-state index is 0.413. The van der Waals surface area contributed by atoms with Crippen LogP contribution in [0.25, 0.3) is 0 Å². The van der Waals surface area contributed by atoms with E-state index in [1.807, 2.05) is 0 Å². The van der Waals surface area contributed by atoms with Crippen LogP contribution in [0.2, 0.25) is 0 Å². The molecule has 0 amide bonds. The first kappa shape index (κ1) is 16.2. The molecule has 0 spiro atoms. The minimum atomic E-state index is 0.413. The summed E-state index contributed by atoms with van der Waals surface area (Å²) >= 11 is 0. The van der Waals surface area contributed by atoms with Gasteiger partial charge in [0.15, 0.2) is 0 Å². The van der Waals surface area contributed by atoms with Crippen LogP contribution in [0.4, 0.5) is 0 Å². The molecule has 3 unspecified atom stereocenters. The lowest BCUT2D eigenvalue weighted by molar-refractivity contribution is -0.0472. The Morgan fingerprint density at radius 3 is 2.70 bits per heavy atom. The van der Waals surface area contributed by atoms with Gasteiger partial charge < -0.3 is 15.0 Å². The summed E-state index contributed by atoms with van der Waals surface area (Å²) in [5.74, 6) is 0.751. The number of hydrogen-bond acceptors (Lipinski definition) is 4. The molecular formula is C16H33N3O. The Morgan fingerprint density at radius 1 is 1.15 bits per heavy atom. The van der Waals surface area contributed by atoms with Crippen LogP contribution < -0.4 is 5.32 Å². The first-order valence-corrected chi connectivity index (χ1v) is 8.52. The highest BCUT2D eigenvalue weighted by molar-refractivity contribution is 4.85. The summed E-state index contributed by atoms with van der Waals surface area (Å²) in [5.41, 5.74) is 0. The molecule has 2 saturated heterocycles. The first-order chi connectivity index (χ1) is 9.72. The van der Waals surface area contributed by atoms with Gasteiger partial charge in [0.05, 0.1) is 12.7 Å². The quantitative estimate of drug-likeness (QED) is 0.798. The SMILES string of the molecule is CCCNC1CCN(CC2CN(CC)CCO2)CC1C. The van der Waals surface area contributed by atoms with Gasteiger partial charge in [-0.3, -0.25) is 4.90 Å². The molecule has 3 atom stereocenters. The highest BCUT2D eigenvalue weighted by Crippen LogP contribution is 2.18. The number of piperidine rings is 1. The molecule has 1 N–H and O–H groups in total. The fraction of sp³-hybridized carbons (Fsp3) is 1.00. The summed E-state index contributed by atoms with van der Waals surface area (Å²) in [4.78, 5) is 5.12. The summed E-state index contributed by atoms with van der Waals surface area (Å²) in [5, 5.41) is 3.70. The Hall–Kier alpha value is -0.160. The average Bonchev–Trinajstić information content (AvgIpc) is 2.47. The van der Waals surface area contributed by atoms with E-state index in [9.17, 15) is 0 Å². The number of likely N-dealkylation sites (N-methyl/N-ethyl adjacent to an activating group) is 1. The lowest BCUT2D eigenvalue weighted by Gasteiger charge is -2.40. The molecule has 118 valence electrons. The molecule has 0 aromatic rings. The van der Waals surface area contributed by atoms with Crippen molar-refractivity contribution < 1.29 is 4.74 Å². The maximum atomic E-state index is 5.94. The first-order valence-electron chi connectivity index (χ1n) is 8.52. The lowest BCUT2D eigenvalue weighted by atomic mass is 9.93. The van der Waals surface area contributed by atoms with Gasteiger partial charge in [-0.2, -0.15) is 0 Å². The van der Waals surface area contributed by atoms with Gasteiger partial charge in [0, 0.05) is 32.2 Å². The van der Waals surface area contributed by atoms with Crippen LogP contribution in [0, 0.1) is 5.92 Å². The molecule has 0 aromatic heterocycles. The molecule has 0 bridgehead atoms. The zero-order valence-electron chi connectivity index (χ0n) is 13.6. The third-order valence-electron chi connectivity index (χ3n) is 4.78. The summed E-state index contributed by atoms with van der Waals surface area (Å²) < 4.78 is 5.94. The molecule has 2 aliphatic rings. The van der Waals surface area contributed by atoms with Crippen molar-refractivity contribution in [2.75, 3.05) is 52.4 Å². The third kappa shape index (κ3) is 4.69. The maximum Gasteiger partial charge on any atom is 0.0829 e. The van der Waals surface area contributed by atoms with Crippen LogP contribution in [0.1, 0.15) is 33.6 Å². The van der Waals surface area contributed by atoms with Crippen molar-refractivity contribution in [3.05, 3.63) is 0 Å². The predicted molar refractivity (Wildman–Crippen MR) is 84.2 cm³/mol. The number of ether oxygens (including phenoxy) is 1. The van der Waals surface area contributed by atoms with Gasteiger partial charge in [-0.15, -0.1) is 0 Å². The largest absolute Gasteiger partial charge is 0.374 e. The Kier molecular flexibility index (Phi) is 6.75. The second-order valence-electron chi connectivity index (χ2n) is 6.47. The van der Waals surface area contributed by atoms with Crippen molar-refractivity contribution in [3.63, 3.8) is 0 Å². The zero-order chi connectivity index (χ0) is 14.4. The molecule has 4 heteroatoms. The van der Waals surface area contributed by atoms with E-state index < -0.39 is 0 Å². The van der Waals surface area contributed by atoms with Crippen molar-refractivity contribution in [2.45, 2.75) is 45.8 Å². The van der Waals surface area contributed by atoms with Gasteiger partial charge in [-0.1, -0.05) is 20.8 Å². The highest BCUT2D eigenvalue weighted by atomic mass is 16.5. The summed E-state index contributed by atoms with van der Waals surface area (Å²) in [6, 6.07) is 0.714.